The fourth-order valence-electron chi connectivity index (χ4n) is 1.76. The first-order valence-electron chi connectivity index (χ1n) is 5.36. The van der Waals surface area contributed by atoms with Gasteiger partial charge in [-0.3, -0.25) is 0 Å². The lowest BCUT2D eigenvalue weighted by molar-refractivity contribution is 0.413. The molecule has 0 saturated carbocycles. The van der Waals surface area contributed by atoms with Crippen LogP contribution in [0.2, 0.25) is 0 Å². The van der Waals surface area contributed by atoms with Crippen LogP contribution in [0.5, 0.6) is 5.75 Å². The largest absolute Gasteiger partial charge is 0.495 e. The molecule has 4 heteroatoms. The standard InChI is InChI=1S/C11H17N3O/c1-15-10-4-5-11(14-8-10)13-7-9-3-2-6-12-9/h4-5,8-9,12H,2-3,6-7H2,1H3,(H,13,14). The second-order valence-corrected chi connectivity index (χ2v) is 3.76. The third kappa shape index (κ3) is 2.83. The number of aromatic nitrogens is 1. The smallest absolute Gasteiger partial charge is 0.137 e. The summed E-state index contributed by atoms with van der Waals surface area (Å²) in [6.45, 7) is 2.09. The fourth-order valence-corrected chi connectivity index (χ4v) is 1.76. The minimum absolute atomic E-state index is 0.592. The van der Waals surface area contributed by atoms with Crippen LogP contribution in [0.4, 0.5) is 5.82 Å². The molecule has 1 saturated heterocycles. The third-order valence-electron chi connectivity index (χ3n) is 2.66. The number of nitrogens with zero attached hydrogens (tertiary/aromatic N) is 1. The van der Waals surface area contributed by atoms with E-state index < -0.39 is 0 Å². The zero-order valence-electron chi connectivity index (χ0n) is 8.99. The van der Waals surface area contributed by atoms with Gasteiger partial charge in [-0.25, -0.2) is 4.98 Å². The molecule has 82 valence electrons. The predicted molar refractivity (Wildman–Crippen MR) is 60.3 cm³/mol. The Morgan fingerprint density at radius 1 is 1.60 bits per heavy atom. The number of rotatable bonds is 4. The Morgan fingerprint density at radius 3 is 3.13 bits per heavy atom. The number of hydrogen-bond donors (Lipinski definition) is 2. The Morgan fingerprint density at radius 2 is 2.53 bits per heavy atom. The van der Waals surface area contributed by atoms with E-state index in [9.17, 15) is 0 Å². The summed E-state index contributed by atoms with van der Waals surface area (Å²) in [6.07, 6.45) is 4.26. The van der Waals surface area contributed by atoms with Crippen molar-refractivity contribution in [2.75, 3.05) is 25.5 Å². The Labute approximate surface area is 90.0 Å². The molecule has 1 aliphatic rings. The Hall–Kier alpha value is -1.29. The van der Waals surface area contributed by atoms with Gasteiger partial charge < -0.3 is 15.4 Å². The van der Waals surface area contributed by atoms with Crippen LogP contribution in [0.3, 0.4) is 0 Å². The van der Waals surface area contributed by atoms with Crippen molar-refractivity contribution in [3.63, 3.8) is 0 Å². The quantitative estimate of drug-likeness (QED) is 0.780. The zero-order valence-corrected chi connectivity index (χ0v) is 8.99. The molecule has 0 aliphatic carbocycles. The van der Waals surface area contributed by atoms with E-state index in [0.717, 1.165) is 24.7 Å². The highest BCUT2D eigenvalue weighted by molar-refractivity contribution is 5.37. The molecule has 15 heavy (non-hydrogen) atoms. The summed E-state index contributed by atoms with van der Waals surface area (Å²) in [5.74, 6) is 1.70. The number of anilines is 1. The van der Waals surface area contributed by atoms with Gasteiger partial charge in [0.1, 0.15) is 11.6 Å². The number of pyridine rings is 1. The minimum atomic E-state index is 0.592. The monoisotopic (exact) mass is 207 g/mol. The highest BCUT2D eigenvalue weighted by Gasteiger charge is 2.13. The molecule has 1 atom stereocenters. The summed E-state index contributed by atoms with van der Waals surface area (Å²) in [6, 6.07) is 4.44. The van der Waals surface area contributed by atoms with E-state index in [1.54, 1.807) is 13.3 Å². The number of ether oxygens (including phenoxy) is 1. The van der Waals surface area contributed by atoms with Gasteiger partial charge in [0, 0.05) is 12.6 Å². The van der Waals surface area contributed by atoms with Crippen molar-refractivity contribution in [3.8, 4) is 5.75 Å². The van der Waals surface area contributed by atoms with Crippen LogP contribution in [0.1, 0.15) is 12.8 Å². The van der Waals surface area contributed by atoms with Crippen molar-refractivity contribution in [2.45, 2.75) is 18.9 Å². The van der Waals surface area contributed by atoms with Gasteiger partial charge in [0.2, 0.25) is 0 Å². The SMILES string of the molecule is COc1ccc(NCC2CCCN2)nc1. The Kier molecular flexibility index (Phi) is 3.40. The van der Waals surface area contributed by atoms with Crippen molar-refractivity contribution in [3.05, 3.63) is 18.3 Å². The second kappa shape index (κ2) is 4.98. The van der Waals surface area contributed by atoms with Gasteiger partial charge in [0.15, 0.2) is 0 Å². The van der Waals surface area contributed by atoms with E-state index in [1.807, 2.05) is 12.1 Å². The molecule has 0 amide bonds. The van der Waals surface area contributed by atoms with Crippen LogP contribution < -0.4 is 15.4 Å². The van der Waals surface area contributed by atoms with Gasteiger partial charge in [-0.05, 0) is 31.5 Å². The minimum Gasteiger partial charge on any atom is -0.495 e. The maximum Gasteiger partial charge on any atom is 0.137 e. The van der Waals surface area contributed by atoms with Crippen molar-refractivity contribution < 1.29 is 4.74 Å². The van der Waals surface area contributed by atoms with E-state index in [4.69, 9.17) is 4.74 Å². The van der Waals surface area contributed by atoms with Crippen molar-refractivity contribution in [2.24, 2.45) is 0 Å². The molecular formula is C11H17N3O. The molecule has 2 N–H and O–H groups in total. The molecule has 1 aromatic rings. The highest BCUT2D eigenvalue weighted by Crippen LogP contribution is 2.12. The van der Waals surface area contributed by atoms with Crippen LogP contribution in [0, 0.1) is 0 Å². The topological polar surface area (TPSA) is 46.2 Å². The summed E-state index contributed by atoms with van der Waals surface area (Å²) in [4.78, 5) is 4.25. The molecule has 1 fully saturated rings. The normalized spacial score (nSPS) is 20.2. The van der Waals surface area contributed by atoms with Crippen molar-refractivity contribution >= 4 is 5.82 Å². The first kappa shape index (κ1) is 10.2. The second-order valence-electron chi connectivity index (χ2n) is 3.76. The van der Waals surface area contributed by atoms with Crippen LogP contribution in [-0.2, 0) is 0 Å². The van der Waals surface area contributed by atoms with Gasteiger partial charge in [-0.2, -0.15) is 0 Å². The molecule has 1 unspecified atom stereocenters. The lowest BCUT2D eigenvalue weighted by atomic mass is 10.2. The number of hydrogen-bond acceptors (Lipinski definition) is 4. The maximum atomic E-state index is 5.04. The lowest BCUT2D eigenvalue weighted by Crippen LogP contribution is -2.29. The molecule has 1 aliphatic heterocycles. The molecule has 0 bridgehead atoms. The van der Waals surface area contributed by atoms with Gasteiger partial charge in [0.05, 0.1) is 13.3 Å². The summed E-state index contributed by atoms with van der Waals surface area (Å²) in [7, 11) is 1.65. The summed E-state index contributed by atoms with van der Waals surface area (Å²) in [5, 5.41) is 6.74. The van der Waals surface area contributed by atoms with Gasteiger partial charge >= 0.3 is 0 Å². The first-order valence-corrected chi connectivity index (χ1v) is 5.36. The van der Waals surface area contributed by atoms with E-state index in [1.165, 1.54) is 12.8 Å². The van der Waals surface area contributed by atoms with Gasteiger partial charge in [-0.1, -0.05) is 0 Å². The predicted octanol–water partition coefficient (Wildman–Crippen LogP) is 1.25. The average Bonchev–Trinajstić information content (AvgIpc) is 2.80. The van der Waals surface area contributed by atoms with Crippen LogP contribution >= 0.6 is 0 Å². The van der Waals surface area contributed by atoms with Crippen molar-refractivity contribution in [1.82, 2.24) is 10.3 Å². The van der Waals surface area contributed by atoms with Gasteiger partial charge in [0.25, 0.3) is 0 Å². The Balaban J connectivity index is 1.82. The van der Waals surface area contributed by atoms with E-state index in [2.05, 4.69) is 15.6 Å². The molecule has 1 aromatic heterocycles. The van der Waals surface area contributed by atoms with Crippen LogP contribution in [0.25, 0.3) is 0 Å². The van der Waals surface area contributed by atoms with E-state index in [-0.39, 0.29) is 0 Å². The molecule has 2 heterocycles. The lowest BCUT2D eigenvalue weighted by Gasteiger charge is -2.11. The molecular weight excluding hydrogens is 190 g/mol. The molecule has 0 radical (unpaired) electrons. The average molecular weight is 207 g/mol. The molecule has 0 aromatic carbocycles. The van der Waals surface area contributed by atoms with E-state index in [0.29, 0.717) is 6.04 Å². The molecule has 0 spiro atoms. The Bertz CT molecular complexity index is 293. The van der Waals surface area contributed by atoms with E-state index >= 15 is 0 Å². The zero-order chi connectivity index (χ0) is 10.5. The maximum absolute atomic E-state index is 5.04. The number of methoxy groups -OCH3 is 1. The van der Waals surface area contributed by atoms with Crippen LogP contribution in [-0.4, -0.2) is 31.2 Å². The highest BCUT2D eigenvalue weighted by atomic mass is 16.5. The van der Waals surface area contributed by atoms with Gasteiger partial charge in [-0.15, -0.1) is 0 Å². The van der Waals surface area contributed by atoms with Crippen LogP contribution in [0.15, 0.2) is 18.3 Å². The summed E-state index contributed by atoms with van der Waals surface area (Å²) in [5.41, 5.74) is 0. The third-order valence-corrected chi connectivity index (χ3v) is 2.66. The summed E-state index contributed by atoms with van der Waals surface area (Å²) >= 11 is 0. The number of nitrogens with one attached hydrogen (secondary N) is 2. The van der Waals surface area contributed by atoms with Crippen molar-refractivity contribution in [1.29, 1.82) is 0 Å². The fraction of sp³-hybridized carbons (Fsp3) is 0.545. The molecule has 2 rings (SSSR count). The summed E-state index contributed by atoms with van der Waals surface area (Å²) < 4.78 is 5.04. The first-order chi connectivity index (χ1) is 7.38. The molecule has 4 nitrogen and oxygen atoms in total.